The summed E-state index contributed by atoms with van der Waals surface area (Å²) < 4.78 is 33.6. The summed E-state index contributed by atoms with van der Waals surface area (Å²) in [7, 11) is 0. The highest BCUT2D eigenvalue weighted by Crippen LogP contribution is 2.73. The predicted molar refractivity (Wildman–Crippen MR) is 527 cm³/mol. The van der Waals surface area contributed by atoms with Gasteiger partial charge in [-0.1, -0.05) is 253 Å². The van der Waals surface area contributed by atoms with Gasteiger partial charge in [-0.25, -0.2) is 20.2 Å². The van der Waals surface area contributed by atoms with Crippen molar-refractivity contribution in [2.24, 2.45) is 0 Å². The van der Waals surface area contributed by atoms with Gasteiger partial charge in [-0.05, 0) is 178 Å². The molecule has 6 heterocycles. The molecule has 10 nitrogen and oxygen atoms in total. The summed E-state index contributed by atoms with van der Waals surface area (Å²) in [6, 6.07) is 68.3. The van der Waals surface area contributed by atoms with Gasteiger partial charge in [-0.2, -0.15) is 0 Å². The molecular formula is C110H100N4O6S6. The molecule has 0 saturated heterocycles. The van der Waals surface area contributed by atoms with Crippen molar-refractivity contribution in [3.63, 3.8) is 0 Å². The fraction of sp³-hybridized carbons (Fsp3) is 0.309. The van der Waals surface area contributed by atoms with Crippen LogP contribution in [0.15, 0.2) is 205 Å². The van der Waals surface area contributed by atoms with Gasteiger partial charge in [-0.15, -0.1) is 68.0 Å². The molecule has 0 N–H and O–H groups in total. The van der Waals surface area contributed by atoms with E-state index in [0.717, 1.165) is 147 Å². The normalized spacial score (nSPS) is 15.3. The zero-order valence-corrected chi connectivity index (χ0v) is 76.9. The quantitative estimate of drug-likeness (QED) is 0.0162. The Bertz CT molecular complexity index is 6260. The lowest BCUT2D eigenvalue weighted by Gasteiger charge is -2.34. The molecule has 4 aliphatic carbocycles. The van der Waals surface area contributed by atoms with Gasteiger partial charge in [0.25, 0.3) is 11.4 Å². The number of carbonyl (C=O) groups excluding carboxylic acids is 2. The predicted octanol–water partition coefficient (Wildman–Crippen LogP) is 32.4. The SMILES string of the molecule is [C-]#[N+]C(C#N)=C1/C(=C/c2cc3sc4c(c3s2)C(c2ccc(OCCCCCCCC)cc2)(c2ccc(OCCCCCCCC)cc2)c2c-4sc3c4c(sc23)-c2sc3cc(/C=C5\C(=O)c6cc7ccccc7cc6\C5=C(\C#N)[N+]#[C-])sc3c2C4(c2ccc(OCCCCCCCC)cc2)c2ccc(OCCCCCCCC)cc2)C(=O)c2cc3ccccc3cc21. The molecule has 0 aliphatic heterocycles. The molecule has 0 amide bonds. The molecule has 6 aromatic heterocycles. The van der Waals surface area contributed by atoms with Gasteiger partial charge >= 0.3 is 0 Å². The van der Waals surface area contributed by atoms with Crippen LogP contribution < -0.4 is 18.9 Å². The van der Waals surface area contributed by atoms with Crippen LogP contribution in [-0.4, -0.2) is 38.0 Å². The lowest BCUT2D eigenvalue weighted by atomic mass is 9.67. The van der Waals surface area contributed by atoms with Crippen LogP contribution in [0.2, 0.25) is 0 Å². The third-order valence-corrected chi connectivity index (χ3v) is 33.3. The Morgan fingerprint density at radius 1 is 0.341 bits per heavy atom. The summed E-state index contributed by atoms with van der Waals surface area (Å²) in [5.74, 6) is 2.83. The Morgan fingerprint density at radius 2 is 0.611 bits per heavy atom. The molecule has 632 valence electrons. The number of ketones is 2. The van der Waals surface area contributed by atoms with E-state index < -0.39 is 10.8 Å². The molecule has 18 rings (SSSR count). The third kappa shape index (κ3) is 15.8. The first-order valence-corrected chi connectivity index (χ1v) is 50.2. The van der Waals surface area contributed by atoms with Crippen LogP contribution in [0.25, 0.3) is 102 Å². The number of nitrogens with zero attached hydrogens (tertiary/aromatic N) is 4. The van der Waals surface area contributed by atoms with Gasteiger partial charge in [0, 0.05) is 74.8 Å². The Labute approximate surface area is 763 Å². The number of Topliss-reactive ketones (excluding diaryl/α,β-unsaturated/α-hetero) is 2. The number of unbranched alkanes of at least 4 members (excludes halogenated alkanes) is 20. The van der Waals surface area contributed by atoms with Gasteiger partial charge < -0.3 is 18.9 Å². The van der Waals surface area contributed by atoms with E-state index >= 15 is 9.59 Å². The first-order chi connectivity index (χ1) is 62.0. The van der Waals surface area contributed by atoms with E-state index in [1.165, 1.54) is 154 Å². The average Bonchev–Trinajstić information content (AvgIpc) is 1.48. The van der Waals surface area contributed by atoms with E-state index in [9.17, 15) is 10.5 Å². The molecule has 0 unspecified atom stereocenters. The van der Waals surface area contributed by atoms with Crippen LogP contribution in [0.5, 0.6) is 23.0 Å². The van der Waals surface area contributed by atoms with Crippen LogP contribution in [0.4, 0.5) is 0 Å². The van der Waals surface area contributed by atoms with Crippen LogP contribution in [0.1, 0.15) is 268 Å². The van der Waals surface area contributed by atoms with Gasteiger partial charge in [0.05, 0.1) is 101 Å². The second-order valence-electron chi connectivity index (χ2n) is 33.8. The van der Waals surface area contributed by atoms with E-state index in [-0.39, 0.29) is 23.0 Å². The largest absolute Gasteiger partial charge is 0.494 e. The Morgan fingerprint density at radius 3 is 0.897 bits per heavy atom. The lowest BCUT2D eigenvalue weighted by Crippen LogP contribution is -2.29. The smallest absolute Gasteiger partial charge is 0.270 e. The van der Waals surface area contributed by atoms with Crippen molar-refractivity contribution in [2.45, 2.75) is 193 Å². The maximum absolute atomic E-state index is 15.2. The number of hydrogen-bond donors (Lipinski definition) is 0. The fourth-order valence-corrected chi connectivity index (χ4v) is 28.3. The number of thiophene rings is 6. The highest BCUT2D eigenvalue weighted by molar-refractivity contribution is 7.37. The van der Waals surface area contributed by atoms with Gasteiger partial charge in [-0.3, -0.25) is 9.59 Å². The molecule has 0 saturated carbocycles. The van der Waals surface area contributed by atoms with E-state index in [1.807, 2.05) is 108 Å². The number of ether oxygens (including phenoxy) is 4. The molecule has 126 heavy (non-hydrogen) atoms. The summed E-state index contributed by atoms with van der Waals surface area (Å²) in [5.41, 5.74) is 10.5. The number of allylic oxidation sites excluding steroid dienone is 6. The Kier molecular flexibility index (Phi) is 25.9. The minimum atomic E-state index is -0.975. The van der Waals surface area contributed by atoms with Crippen molar-refractivity contribution in [1.29, 1.82) is 10.5 Å². The van der Waals surface area contributed by atoms with E-state index in [2.05, 4.69) is 159 Å². The van der Waals surface area contributed by atoms with Gasteiger partial charge in [0.2, 0.25) is 0 Å². The summed E-state index contributed by atoms with van der Waals surface area (Å²) in [6.45, 7) is 28.2. The lowest BCUT2D eigenvalue weighted by molar-refractivity contribution is 0.103. The number of fused-ring (bicyclic) bond motifs is 17. The molecule has 4 aliphatic rings. The first-order valence-electron chi connectivity index (χ1n) is 45.3. The second kappa shape index (κ2) is 38.1. The van der Waals surface area contributed by atoms with Crippen molar-refractivity contribution in [3.8, 4) is 54.6 Å². The maximum Gasteiger partial charge on any atom is 0.270 e. The summed E-state index contributed by atoms with van der Waals surface area (Å²) >= 11 is 10.7. The molecule has 0 radical (unpaired) electrons. The standard InChI is InChI=1S/C110H100N4O6S6/c1-7-11-15-19-23-31-55-117-77-47-39-73(40-48-77)109(74-41-49-78(50-42-74)118-56-32-24-20-16-12-8-2)95-101-91(65-81(121-101)63-87-93(89(67-111)113-5)83-59-69-35-27-29-37-71(69)61-85(83)99(87)115)123-103(95)105-97(109)107-108(125-105)98-106(126-107)104-96(102-92(124-104)66-82(122-102)64-88-94(90(68-112)114-6)84-60-70-36-28-30-38-72(70)62-86(84)100(88)116)110(98,75-43-51-79(52-44-75)119-57-33-25-21-17-13-9-3)76-45-53-80(54-46-76)120-58-34-26-22-18-14-10-4/h27-30,35-54,59-66H,7-26,31-34,55-58H2,1-4H3/b87-63-,88-64-,93-89+,94-90?. The minimum Gasteiger partial charge on any atom is -0.494 e. The highest BCUT2D eigenvalue weighted by atomic mass is 32.1. The number of nitriles is 2. The topological polar surface area (TPSA) is 127 Å². The van der Waals surface area contributed by atoms with Crippen molar-refractivity contribution in [3.05, 3.63) is 304 Å². The van der Waals surface area contributed by atoms with Gasteiger partial charge in [0.1, 0.15) is 23.0 Å². The third-order valence-electron chi connectivity index (χ3n) is 25.7. The maximum atomic E-state index is 15.2. The number of rotatable bonds is 38. The zero-order chi connectivity index (χ0) is 86.4. The van der Waals surface area contributed by atoms with Crippen LogP contribution in [0, 0.1) is 35.8 Å². The van der Waals surface area contributed by atoms with Crippen molar-refractivity contribution in [2.75, 3.05) is 26.4 Å². The highest BCUT2D eigenvalue weighted by Gasteiger charge is 2.57. The van der Waals surface area contributed by atoms with E-state index in [1.54, 1.807) is 45.3 Å². The van der Waals surface area contributed by atoms with Crippen LogP contribution in [0.3, 0.4) is 0 Å². The Balaban J connectivity index is 0.863. The molecule has 16 heteroatoms. The first kappa shape index (κ1) is 85.5. The van der Waals surface area contributed by atoms with Crippen molar-refractivity contribution in [1.82, 2.24) is 0 Å². The monoisotopic (exact) mass is 1760 g/mol. The molecule has 0 bridgehead atoms. The zero-order valence-electron chi connectivity index (χ0n) is 72.0. The van der Waals surface area contributed by atoms with Crippen LogP contribution >= 0.6 is 68.0 Å². The van der Waals surface area contributed by atoms with Crippen LogP contribution in [-0.2, 0) is 10.8 Å². The molecule has 0 spiro atoms. The fourth-order valence-electron chi connectivity index (χ4n) is 19.5. The minimum absolute atomic E-state index is 0.119. The number of benzene rings is 8. The number of hydrogen-bond acceptors (Lipinski definition) is 14. The second-order valence-corrected chi connectivity index (χ2v) is 40.1. The summed E-state index contributed by atoms with van der Waals surface area (Å²) in [6.07, 6.45) is 31.6. The van der Waals surface area contributed by atoms with E-state index in [0.29, 0.717) is 71.0 Å². The summed E-state index contributed by atoms with van der Waals surface area (Å²) in [4.78, 5) is 44.4. The molecule has 0 fully saturated rings. The van der Waals surface area contributed by atoms with Crippen molar-refractivity contribution >= 4 is 153 Å². The number of carbonyl (C=O) groups is 2. The molecule has 14 aromatic rings. The van der Waals surface area contributed by atoms with Gasteiger partial charge in [0.15, 0.2) is 11.6 Å². The van der Waals surface area contributed by atoms with E-state index in [4.69, 9.17) is 32.1 Å². The molecular weight excluding hydrogens is 1670 g/mol. The molecule has 8 aromatic carbocycles. The van der Waals surface area contributed by atoms with Crippen molar-refractivity contribution < 1.29 is 28.5 Å². The summed E-state index contributed by atoms with van der Waals surface area (Å²) in [5, 5.41) is 25.1. The average molecular weight is 1770 g/mol. The Hall–Kier alpha value is -11.3. The molecule has 0 atom stereocenters.